The number of hydrogen-bond acceptors (Lipinski definition) is 4. The first-order valence-corrected chi connectivity index (χ1v) is 5.51. The van der Waals surface area contributed by atoms with E-state index in [2.05, 4.69) is 10.3 Å². The van der Waals surface area contributed by atoms with Gasteiger partial charge in [-0.1, -0.05) is 0 Å². The van der Waals surface area contributed by atoms with E-state index in [4.69, 9.17) is 5.11 Å². The van der Waals surface area contributed by atoms with E-state index in [0.29, 0.717) is 0 Å². The Balaban J connectivity index is 2.49. The largest absolute Gasteiger partial charge is 0.476 e. The first-order valence-electron chi connectivity index (χ1n) is 4.53. The topological polar surface area (TPSA) is 62.2 Å². The number of nitrogens with zero attached hydrogens (tertiary/aromatic N) is 1. The number of alkyl halides is 3. The van der Waals surface area contributed by atoms with Gasteiger partial charge in [0.2, 0.25) is 0 Å². The van der Waals surface area contributed by atoms with Gasteiger partial charge in [0.25, 0.3) is 0 Å². The lowest BCUT2D eigenvalue weighted by Gasteiger charge is -2.09. The Bertz CT molecular complexity index is 398. The molecule has 8 heteroatoms. The summed E-state index contributed by atoms with van der Waals surface area (Å²) in [4.78, 5) is 14.3. The van der Waals surface area contributed by atoms with E-state index < -0.39 is 11.5 Å². The second-order valence-corrected chi connectivity index (χ2v) is 4.09. The first-order chi connectivity index (χ1) is 7.90. The van der Waals surface area contributed by atoms with Crippen molar-refractivity contribution in [2.45, 2.75) is 5.51 Å². The predicted molar refractivity (Wildman–Crippen MR) is 58.2 cm³/mol. The molecule has 4 nitrogen and oxygen atoms in total. The zero-order chi connectivity index (χ0) is 12.9. The number of halogens is 3. The number of rotatable bonds is 5. The second-order valence-electron chi connectivity index (χ2n) is 2.93. The number of aromatic carboxylic acids is 1. The molecule has 0 aromatic carbocycles. The average molecular weight is 266 g/mol. The van der Waals surface area contributed by atoms with E-state index in [-0.39, 0.29) is 35.4 Å². The van der Waals surface area contributed by atoms with Gasteiger partial charge in [0.1, 0.15) is 0 Å². The summed E-state index contributed by atoms with van der Waals surface area (Å²) in [5.74, 6) is -1.42. The van der Waals surface area contributed by atoms with Crippen LogP contribution in [0.2, 0.25) is 0 Å². The van der Waals surface area contributed by atoms with Crippen molar-refractivity contribution in [2.75, 3.05) is 17.6 Å². The molecule has 0 bridgehead atoms. The van der Waals surface area contributed by atoms with Crippen molar-refractivity contribution in [2.24, 2.45) is 0 Å². The van der Waals surface area contributed by atoms with Gasteiger partial charge >= 0.3 is 11.5 Å². The standard InChI is InChI=1S/C9H9F3N2O2S/c10-9(11,12)17-5-4-13-6-2-1-3-14-7(6)8(15)16/h1-3,13H,4-5H2,(H,15,16). The second kappa shape index (κ2) is 5.76. The number of carboxylic acids is 1. The number of thioether (sulfide) groups is 1. The van der Waals surface area contributed by atoms with Crippen molar-refractivity contribution in [1.29, 1.82) is 0 Å². The van der Waals surface area contributed by atoms with Crippen LogP contribution >= 0.6 is 11.8 Å². The Kier molecular flexibility index (Phi) is 4.62. The van der Waals surface area contributed by atoms with Gasteiger partial charge in [-0.25, -0.2) is 9.78 Å². The summed E-state index contributed by atoms with van der Waals surface area (Å²) in [5, 5.41) is 11.4. The maximum atomic E-state index is 11.8. The molecule has 0 fully saturated rings. The van der Waals surface area contributed by atoms with Crippen molar-refractivity contribution < 1.29 is 23.1 Å². The molecular weight excluding hydrogens is 257 g/mol. The smallest absolute Gasteiger partial charge is 0.441 e. The fourth-order valence-electron chi connectivity index (χ4n) is 1.07. The summed E-state index contributed by atoms with van der Waals surface area (Å²) in [7, 11) is 0. The number of pyridine rings is 1. The van der Waals surface area contributed by atoms with E-state index in [1.807, 2.05) is 0 Å². The molecule has 0 radical (unpaired) electrons. The molecule has 0 saturated carbocycles. The van der Waals surface area contributed by atoms with Crippen molar-refractivity contribution in [1.82, 2.24) is 4.98 Å². The Labute approximate surface area is 99.2 Å². The fraction of sp³-hybridized carbons (Fsp3) is 0.333. The van der Waals surface area contributed by atoms with Crippen molar-refractivity contribution in [3.63, 3.8) is 0 Å². The molecule has 0 aliphatic heterocycles. The minimum atomic E-state index is -4.27. The van der Waals surface area contributed by atoms with Crippen LogP contribution in [0.3, 0.4) is 0 Å². The lowest BCUT2D eigenvalue weighted by molar-refractivity contribution is -0.0327. The van der Waals surface area contributed by atoms with Gasteiger partial charge in [0.05, 0.1) is 5.69 Å². The van der Waals surface area contributed by atoms with E-state index in [9.17, 15) is 18.0 Å². The molecule has 1 heterocycles. The van der Waals surface area contributed by atoms with Crippen LogP contribution in [0.15, 0.2) is 18.3 Å². The molecule has 2 N–H and O–H groups in total. The van der Waals surface area contributed by atoms with Gasteiger partial charge in [-0.05, 0) is 23.9 Å². The molecule has 0 saturated heterocycles. The monoisotopic (exact) mass is 266 g/mol. The summed E-state index contributed by atoms with van der Waals surface area (Å²) < 4.78 is 35.5. The van der Waals surface area contributed by atoms with Gasteiger partial charge < -0.3 is 10.4 Å². The number of aromatic nitrogens is 1. The molecule has 94 valence electrons. The predicted octanol–water partition coefficient (Wildman–Crippen LogP) is 2.44. The summed E-state index contributed by atoms with van der Waals surface area (Å²) in [6.07, 6.45) is 1.30. The fourth-order valence-corrected chi connectivity index (χ4v) is 1.51. The van der Waals surface area contributed by atoms with Crippen LogP contribution in [0.4, 0.5) is 18.9 Å². The molecule has 1 aromatic heterocycles. The highest BCUT2D eigenvalue weighted by Gasteiger charge is 2.27. The Morgan fingerprint density at radius 1 is 1.53 bits per heavy atom. The van der Waals surface area contributed by atoms with E-state index >= 15 is 0 Å². The molecule has 17 heavy (non-hydrogen) atoms. The van der Waals surface area contributed by atoms with Crippen molar-refractivity contribution >= 4 is 23.4 Å². The Morgan fingerprint density at radius 3 is 2.82 bits per heavy atom. The lowest BCUT2D eigenvalue weighted by atomic mass is 10.3. The molecular formula is C9H9F3N2O2S. The van der Waals surface area contributed by atoms with Gasteiger partial charge in [-0.3, -0.25) is 0 Å². The molecule has 0 amide bonds. The third-order valence-corrected chi connectivity index (χ3v) is 2.43. The maximum absolute atomic E-state index is 11.8. The van der Waals surface area contributed by atoms with Crippen LogP contribution in [0, 0.1) is 0 Å². The third-order valence-electron chi connectivity index (χ3n) is 1.69. The summed E-state index contributed by atoms with van der Waals surface area (Å²) in [6.45, 7) is 0.0101. The van der Waals surface area contributed by atoms with Gasteiger partial charge in [0, 0.05) is 18.5 Å². The molecule has 0 unspecified atom stereocenters. The quantitative estimate of drug-likeness (QED) is 0.801. The zero-order valence-corrected chi connectivity index (χ0v) is 9.31. The molecule has 1 aromatic rings. The SMILES string of the molecule is O=C(O)c1ncccc1NCCSC(F)(F)F. The Morgan fingerprint density at radius 2 is 2.24 bits per heavy atom. The average Bonchev–Trinajstić information content (AvgIpc) is 2.23. The van der Waals surface area contributed by atoms with Crippen LogP contribution < -0.4 is 5.32 Å². The highest BCUT2D eigenvalue weighted by atomic mass is 32.2. The van der Waals surface area contributed by atoms with E-state index in [0.717, 1.165) is 0 Å². The highest BCUT2D eigenvalue weighted by molar-refractivity contribution is 8.00. The number of carboxylic acid groups (broad SMARTS) is 1. The number of anilines is 1. The third kappa shape index (κ3) is 4.94. The van der Waals surface area contributed by atoms with E-state index in [1.165, 1.54) is 18.3 Å². The summed E-state index contributed by atoms with van der Waals surface area (Å²) in [6, 6.07) is 2.96. The van der Waals surface area contributed by atoms with Crippen LogP contribution in [-0.4, -0.2) is 33.9 Å². The minimum absolute atomic E-state index is 0.0101. The number of nitrogens with one attached hydrogen (secondary N) is 1. The maximum Gasteiger partial charge on any atom is 0.441 e. The minimum Gasteiger partial charge on any atom is -0.476 e. The van der Waals surface area contributed by atoms with Crippen LogP contribution in [0.1, 0.15) is 10.5 Å². The molecule has 0 aliphatic carbocycles. The van der Waals surface area contributed by atoms with Crippen molar-refractivity contribution in [3.05, 3.63) is 24.0 Å². The summed E-state index contributed by atoms with van der Waals surface area (Å²) >= 11 is -0.163. The molecule has 1 rings (SSSR count). The molecule has 0 spiro atoms. The van der Waals surface area contributed by atoms with Crippen LogP contribution in [0.5, 0.6) is 0 Å². The van der Waals surface area contributed by atoms with Gasteiger partial charge in [-0.2, -0.15) is 13.2 Å². The van der Waals surface area contributed by atoms with Crippen LogP contribution in [0.25, 0.3) is 0 Å². The molecule has 0 aliphatic rings. The summed E-state index contributed by atoms with van der Waals surface area (Å²) in [5.41, 5.74) is -4.26. The van der Waals surface area contributed by atoms with Gasteiger partial charge in [-0.15, -0.1) is 0 Å². The van der Waals surface area contributed by atoms with Gasteiger partial charge in [0.15, 0.2) is 5.69 Å². The Hall–Kier alpha value is -1.44. The highest BCUT2D eigenvalue weighted by Crippen LogP contribution is 2.29. The first kappa shape index (κ1) is 13.6. The normalized spacial score (nSPS) is 11.2. The zero-order valence-electron chi connectivity index (χ0n) is 8.49. The molecule has 0 atom stereocenters. The number of hydrogen-bond donors (Lipinski definition) is 2. The van der Waals surface area contributed by atoms with Crippen LogP contribution in [-0.2, 0) is 0 Å². The number of carbonyl (C=O) groups is 1. The van der Waals surface area contributed by atoms with Crippen molar-refractivity contribution in [3.8, 4) is 0 Å². The van der Waals surface area contributed by atoms with E-state index in [1.54, 1.807) is 0 Å². The lowest BCUT2D eigenvalue weighted by Crippen LogP contribution is -2.12.